The number of imidazole rings is 2. The van der Waals surface area contributed by atoms with Gasteiger partial charge in [0.25, 0.3) is 5.56 Å². The molecule has 4 heterocycles. The molecule has 4 aromatic heterocycles. The van der Waals surface area contributed by atoms with Crippen LogP contribution in [0.4, 0.5) is 13.2 Å². The second-order valence-electron chi connectivity index (χ2n) is 6.71. The number of aryl methyl sites for hydroxylation is 2. The lowest BCUT2D eigenvalue weighted by atomic mass is 10.2. The molecule has 2 N–H and O–H groups in total. The standard InChI is InChI=1S/C15H17BrN8O.C2HF3O2/c1-3-4-5-7-23-10-9(18-14(16)19-10)13(25)24-12(20-21-15(23)24)11-17-6-8-22(11)2;3-2(4,5)1(6)7/h6,8H,3-5,7H2,1-2H3,(H,18,19);(H,6,7). The van der Waals surface area contributed by atoms with Gasteiger partial charge in [-0.05, 0) is 22.4 Å². The van der Waals surface area contributed by atoms with Gasteiger partial charge >= 0.3 is 12.1 Å². The van der Waals surface area contributed by atoms with Gasteiger partial charge in [0.1, 0.15) is 0 Å². The van der Waals surface area contributed by atoms with Crippen molar-refractivity contribution in [1.29, 1.82) is 0 Å². The Bertz CT molecular complexity index is 1320. The van der Waals surface area contributed by atoms with Crippen LogP contribution in [0.2, 0.25) is 0 Å². The number of aromatic amines is 1. The molecule has 0 fully saturated rings. The summed E-state index contributed by atoms with van der Waals surface area (Å²) >= 11 is 3.32. The van der Waals surface area contributed by atoms with E-state index in [4.69, 9.17) is 9.90 Å². The van der Waals surface area contributed by atoms with Crippen LogP contribution in [0.5, 0.6) is 0 Å². The van der Waals surface area contributed by atoms with Gasteiger partial charge in [-0.2, -0.15) is 13.2 Å². The maximum atomic E-state index is 13.0. The van der Waals surface area contributed by atoms with Gasteiger partial charge in [0, 0.05) is 26.0 Å². The van der Waals surface area contributed by atoms with Crippen LogP contribution in [0.3, 0.4) is 0 Å². The van der Waals surface area contributed by atoms with Crippen molar-refractivity contribution in [3.05, 3.63) is 27.5 Å². The van der Waals surface area contributed by atoms with Crippen LogP contribution in [-0.2, 0) is 18.4 Å². The minimum absolute atomic E-state index is 0.238. The number of nitrogens with one attached hydrogen (secondary N) is 1. The van der Waals surface area contributed by atoms with E-state index in [0.717, 1.165) is 19.3 Å². The fourth-order valence-electron chi connectivity index (χ4n) is 2.98. The van der Waals surface area contributed by atoms with Crippen molar-refractivity contribution in [1.82, 2.24) is 38.7 Å². The zero-order chi connectivity index (χ0) is 23.6. The average molecular weight is 519 g/mol. The second-order valence-corrected chi connectivity index (χ2v) is 7.46. The van der Waals surface area contributed by atoms with Crippen molar-refractivity contribution >= 4 is 38.8 Å². The molecule has 0 atom stereocenters. The van der Waals surface area contributed by atoms with E-state index in [1.54, 1.807) is 6.20 Å². The predicted octanol–water partition coefficient (Wildman–Crippen LogP) is 2.75. The van der Waals surface area contributed by atoms with Gasteiger partial charge in [0.05, 0.1) is 0 Å². The quantitative estimate of drug-likeness (QED) is 0.306. The fourth-order valence-corrected chi connectivity index (χ4v) is 3.34. The Kier molecular flexibility index (Phi) is 6.66. The van der Waals surface area contributed by atoms with Gasteiger partial charge in [-0.1, -0.05) is 19.8 Å². The van der Waals surface area contributed by atoms with E-state index >= 15 is 0 Å². The van der Waals surface area contributed by atoms with E-state index in [9.17, 15) is 18.0 Å². The highest BCUT2D eigenvalue weighted by Gasteiger charge is 2.38. The van der Waals surface area contributed by atoms with E-state index < -0.39 is 12.1 Å². The Morgan fingerprint density at radius 3 is 2.50 bits per heavy atom. The largest absolute Gasteiger partial charge is 0.490 e. The molecule has 0 spiro atoms. The summed E-state index contributed by atoms with van der Waals surface area (Å²) in [7, 11) is 1.86. The minimum atomic E-state index is -5.08. The molecular weight excluding hydrogens is 501 g/mol. The minimum Gasteiger partial charge on any atom is -0.475 e. The summed E-state index contributed by atoms with van der Waals surface area (Å²) in [5.41, 5.74) is 0.767. The molecule has 11 nitrogen and oxygen atoms in total. The highest BCUT2D eigenvalue weighted by molar-refractivity contribution is 9.10. The number of hydrogen-bond donors (Lipinski definition) is 2. The molecule has 32 heavy (non-hydrogen) atoms. The van der Waals surface area contributed by atoms with E-state index in [0.29, 0.717) is 39.9 Å². The van der Waals surface area contributed by atoms with Gasteiger partial charge in [-0.15, -0.1) is 10.2 Å². The molecule has 15 heteroatoms. The third-order valence-electron chi connectivity index (χ3n) is 4.46. The first-order valence-electron chi connectivity index (χ1n) is 9.37. The number of fused-ring (bicyclic) bond motifs is 2. The van der Waals surface area contributed by atoms with E-state index in [-0.39, 0.29) is 5.56 Å². The molecule has 0 aliphatic heterocycles. The lowest BCUT2D eigenvalue weighted by molar-refractivity contribution is -0.192. The molecule has 0 bridgehead atoms. The molecule has 0 aliphatic carbocycles. The molecule has 0 aromatic carbocycles. The Morgan fingerprint density at radius 2 is 1.94 bits per heavy atom. The molecule has 0 amide bonds. The van der Waals surface area contributed by atoms with Crippen molar-refractivity contribution in [2.24, 2.45) is 7.05 Å². The van der Waals surface area contributed by atoms with Crippen LogP contribution < -0.4 is 5.56 Å². The Hall–Kier alpha value is -3.23. The number of carboxylic acid groups (broad SMARTS) is 1. The van der Waals surface area contributed by atoms with Crippen LogP contribution in [0.15, 0.2) is 21.9 Å². The van der Waals surface area contributed by atoms with Crippen molar-refractivity contribution in [2.75, 3.05) is 0 Å². The number of rotatable bonds is 5. The molecule has 4 aromatic rings. The van der Waals surface area contributed by atoms with Gasteiger partial charge in [0.15, 0.2) is 21.7 Å². The molecular formula is C17H18BrF3N8O3. The monoisotopic (exact) mass is 518 g/mol. The summed E-state index contributed by atoms with van der Waals surface area (Å²) in [5, 5.41) is 15.6. The summed E-state index contributed by atoms with van der Waals surface area (Å²) < 4.78 is 37.5. The predicted molar refractivity (Wildman–Crippen MR) is 110 cm³/mol. The lowest BCUT2D eigenvalue weighted by Crippen LogP contribution is -2.21. The summed E-state index contributed by atoms with van der Waals surface area (Å²) in [5.74, 6) is -1.27. The molecule has 0 radical (unpaired) electrons. The van der Waals surface area contributed by atoms with Crippen molar-refractivity contribution < 1.29 is 23.1 Å². The summed E-state index contributed by atoms with van der Waals surface area (Å²) in [6.45, 7) is 2.86. The Morgan fingerprint density at radius 1 is 1.25 bits per heavy atom. The summed E-state index contributed by atoms with van der Waals surface area (Å²) in [6, 6.07) is 0. The smallest absolute Gasteiger partial charge is 0.475 e. The van der Waals surface area contributed by atoms with Crippen LogP contribution in [-0.4, -0.2) is 55.9 Å². The molecule has 0 saturated carbocycles. The van der Waals surface area contributed by atoms with Gasteiger partial charge in [0.2, 0.25) is 11.6 Å². The van der Waals surface area contributed by atoms with E-state index in [1.807, 2.05) is 22.4 Å². The topological polar surface area (TPSA) is 136 Å². The third kappa shape index (κ3) is 4.51. The number of aliphatic carboxylic acids is 1. The summed E-state index contributed by atoms with van der Waals surface area (Å²) in [4.78, 5) is 33.6. The normalized spacial score (nSPS) is 11.7. The average Bonchev–Trinajstić information content (AvgIpc) is 3.42. The highest BCUT2D eigenvalue weighted by atomic mass is 79.9. The number of carboxylic acids is 1. The SMILES string of the molecule is CCCCCn1c2nc(Br)[nH]c2c(=O)n2c(-c3nccn3C)nnc12.O=C(O)C(F)(F)F. The number of H-pyrrole nitrogens is 1. The molecule has 4 rings (SSSR count). The fraction of sp³-hybridized carbons (Fsp3) is 0.412. The maximum absolute atomic E-state index is 13.0. The number of unbranched alkanes of at least 4 members (excludes halogenated alkanes) is 2. The lowest BCUT2D eigenvalue weighted by Gasteiger charge is -2.09. The first-order valence-corrected chi connectivity index (χ1v) is 10.2. The van der Waals surface area contributed by atoms with E-state index in [2.05, 4.69) is 48.0 Å². The number of alkyl halides is 3. The first kappa shape index (κ1) is 23.4. The highest BCUT2D eigenvalue weighted by Crippen LogP contribution is 2.20. The van der Waals surface area contributed by atoms with Gasteiger partial charge in [-0.3, -0.25) is 9.36 Å². The zero-order valence-corrected chi connectivity index (χ0v) is 18.5. The molecule has 0 saturated heterocycles. The van der Waals surface area contributed by atoms with Crippen molar-refractivity contribution in [3.63, 3.8) is 0 Å². The van der Waals surface area contributed by atoms with Crippen LogP contribution in [0.25, 0.3) is 28.6 Å². The number of halogens is 4. The third-order valence-corrected chi connectivity index (χ3v) is 4.84. The number of carbonyl (C=O) groups is 1. The molecule has 172 valence electrons. The number of hydrogen-bond acceptors (Lipinski definition) is 6. The second kappa shape index (κ2) is 9.10. The Balaban J connectivity index is 0.000000360. The number of aromatic nitrogens is 8. The van der Waals surface area contributed by atoms with E-state index in [1.165, 1.54) is 4.40 Å². The van der Waals surface area contributed by atoms with Crippen molar-refractivity contribution in [2.45, 2.75) is 38.9 Å². The van der Waals surface area contributed by atoms with Crippen LogP contribution in [0, 0.1) is 0 Å². The Labute approximate surface area is 186 Å². The van der Waals surface area contributed by atoms with Crippen molar-refractivity contribution in [3.8, 4) is 11.6 Å². The maximum Gasteiger partial charge on any atom is 0.490 e. The van der Waals surface area contributed by atoms with Crippen LogP contribution >= 0.6 is 15.9 Å². The number of nitrogens with zero attached hydrogens (tertiary/aromatic N) is 7. The van der Waals surface area contributed by atoms with Gasteiger partial charge in [-0.25, -0.2) is 19.2 Å². The van der Waals surface area contributed by atoms with Crippen LogP contribution in [0.1, 0.15) is 26.2 Å². The van der Waals surface area contributed by atoms with Gasteiger partial charge < -0.3 is 14.7 Å². The first-order chi connectivity index (χ1) is 15.1. The zero-order valence-electron chi connectivity index (χ0n) is 16.9. The molecule has 0 aliphatic rings. The summed E-state index contributed by atoms with van der Waals surface area (Å²) in [6.07, 6.45) is 1.56. The molecule has 0 unspecified atom stereocenters.